The predicted molar refractivity (Wildman–Crippen MR) is 75.6 cm³/mol. The molecule has 0 aliphatic carbocycles. The second-order valence-electron chi connectivity index (χ2n) is 3.78. The number of nitrogens with one attached hydrogen (secondary N) is 1. The molecule has 19 heavy (non-hydrogen) atoms. The van der Waals surface area contributed by atoms with Crippen LogP contribution >= 0.6 is 23.2 Å². The van der Waals surface area contributed by atoms with Crippen molar-refractivity contribution >= 4 is 34.8 Å². The first-order valence-corrected chi connectivity index (χ1v) is 6.12. The van der Waals surface area contributed by atoms with Gasteiger partial charge in [-0.25, -0.2) is 0 Å². The van der Waals surface area contributed by atoms with Crippen molar-refractivity contribution in [3.05, 3.63) is 63.6 Å². The van der Waals surface area contributed by atoms with Gasteiger partial charge in [-0.05, 0) is 36.4 Å². The van der Waals surface area contributed by atoms with Gasteiger partial charge in [-0.3, -0.25) is 4.79 Å². The van der Waals surface area contributed by atoms with Crippen LogP contribution in [0.2, 0.25) is 10.0 Å². The Kier molecular flexibility index (Phi) is 4.06. The van der Waals surface area contributed by atoms with E-state index in [1.807, 2.05) is 6.07 Å². The highest BCUT2D eigenvalue weighted by atomic mass is 35.5. The van der Waals surface area contributed by atoms with Gasteiger partial charge in [-0.1, -0.05) is 29.3 Å². The van der Waals surface area contributed by atoms with Crippen LogP contribution in [0.5, 0.6) is 0 Å². The van der Waals surface area contributed by atoms with Gasteiger partial charge in [0, 0.05) is 11.3 Å². The molecule has 2 rings (SSSR count). The first-order valence-electron chi connectivity index (χ1n) is 5.37. The largest absolute Gasteiger partial charge is 0.322 e. The molecule has 0 bridgehead atoms. The monoisotopic (exact) mass is 290 g/mol. The van der Waals surface area contributed by atoms with E-state index in [0.717, 1.165) is 0 Å². The van der Waals surface area contributed by atoms with E-state index < -0.39 is 0 Å². The lowest BCUT2D eigenvalue weighted by atomic mass is 10.2. The van der Waals surface area contributed by atoms with Gasteiger partial charge in [0.05, 0.1) is 21.7 Å². The quantitative estimate of drug-likeness (QED) is 0.905. The van der Waals surface area contributed by atoms with E-state index in [0.29, 0.717) is 26.9 Å². The van der Waals surface area contributed by atoms with Crippen molar-refractivity contribution in [3.8, 4) is 6.07 Å². The number of amides is 1. The summed E-state index contributed by atoms with van der Waals surface area (Å²) in [6.45, 7) is 0. The number of nitrogens with zero attached hydrogens (tertiary/aromatic N) is 1. The number of benzene rings is 2. The first kappa shape index (κ1) is 13.4. The Morgan fingerprint density at radius 1 is 1.11 bits per heavy atom. The molecule has 0 saturated carbocycles. The fourth-order valence-corrected chi connectivity index (χ4v) is 1.81. The molecule has 3 nitrogen and oxygen atoms in total. The Bertz CT molecular complexity index is 677. The first-order chi connectivity index (χ1) is 9.10. The number of carbonyl (C=O) groups excluding carboxylic acids is 1. The molecule has 0 saturated heterocycles. The second-order valence-corrected chi connectivity index (χ2v) is 4.59. The molecule has 0 heterocycles. The van der Waals surface area contributed by atoms with Crippen molar-refractivity contribution in [3.63, 3.8) is 0 Å². The minimum absolute atomic E-state index is 0.311. The van der Waals surface area contributed by atoms with Gasteiger partial charge >= 0.3 is 0 Å². The third-order valence-corrected chi connectivity index (χ3v) is 3.17. The number of halogens is 2. The van der Waals surface area contributed by atoms with Crippen molar-refractivity contribution in [2.24, 2.45) is 0 Å². The maximum Gasteiger partial charge on any atom is 0.255 e. The lowest BCUT2D eigenvalue weighted by Gasteiger charge is -2.06. The van der Waals surface area contributed by atoms with Crippen LogP contribution in [0.1, 0.15) is 15.9 Å². The van der Waals surface area contributed by atoms with Gasteiger partial charge in [-0.2, -0.15) is 5.26 Å². The smallest absolute Gasteiger partial charge is 0.255 e. The number of carbonyl (C=O) groups is 1. The van der Waals surface area contributed by atoms with Crippen molar-refractivity contribution in [2.45, 2.75) is 0 Å². The molecule has 94 valence electrons. The van der Waals surface area contributed by atoms with Crippen LogP contribution in [0.4, 0.5) is 5.69 Å². The van der Waals surface area contributed by atoms with Gasteiger partial charge < -0.3 is 5.32 Å². The zero-order valence-electron chi connectivity index (χ0n) is 9.65. The molecule has 0 fully saturated rings. The highest BCUT2D eigenvalue weighted by Crippen LogP contribution is 2.23. The lowest BCUT2D eigenvalue weighted by molar-refractivity contribution is 0.102. The van der Waals surface area contributed by atoms with E-state index in [4.69, 9.17) is 28.5 Å². The highest BCUT2D eigenvalue weighted by Gasteiger charge is 2.08. The van der Waals surface area contributed by atoms with E-state index in [9.17, 15) is 4.79 Å². The Hall–Kier alpha value is -2.02. The Balaban J connectivity index is 2.21. The van der Waals surface area contributed by atoms with Crippen LogP contribution in [-0.2, 0) is 0 Å². The third-order valence-electron chi connectivity index (χ3n) is 2.43. The van der Waals surface area contributed by atoms with Crippen LogP contribution in [-0.4, -0.2) is 5.91 Å². The molecular formula is C14H8Cl2N2O. The maximum absolute atomic E-state index is 12.0. The van der Waals surface area contributed by atoms with Crippen molar-refractivity contribution < 1.29 is 4.79 Å². The minimum atomic E-state index is -0.311. The fourth-order valence-electron chi connectivity index (χ4n) is 1.51. The number of rotatable bonds is 2. The number of anilines is 1. The summed E-state index contributed by atoms with van der Waals surface area (Å²) in [6.07, 6.45) is 0. The molecule has 1 N–H and O–H groups in total. The Morgan fingerprint density at radius 2 is 1.89 bits per heavy atom. The Labute approximate surface area is 120 Å². The van der Waals surface area contributed by atoms with E-state index in [1.54, 1.807) is 36.4 Å². The van der Waals surface area contributed by atoms with E-state index in [1.165, 1.54) is 6.07 Å². The molecule has 2 aromatic carbocycles. The topological polar surface area (TPSA) is 52.9 Å². The molecule has 5 heteroatoms. The molecule has 0 atom stereocenters. The normalized spacial score (nSPS) is 9.74. The number of hydrogen-bond donors (Lipinski definition) is 1. The SMILES string of the molecule is N#Cc1cccc(NC(=O)c2ccc(Cl)c(Cl)c2)c1. The molecule has 1 amide bonds. The van der Waals surface area contributed by atoms with E-state index >= 15 is 0 Å². The zero-order valence-corrected chi connectivity index (χ0v) is 11.2. The van der Waals surface area contributed by atoms with Gasteiger partial charge in [-0.15, -0.1) is 0 Å². The fraction of sp³-hybridized carbons (Fsp3) is 0. The molecule has 0 unspecified atom stereocenters. The summed E-state index contributed by atoms with van der Waals surface area (Å²) < 4.78 is 0. The summed E-state index contributed by atoms with van der Waals surface area (Å²) in [6, 6.07) is 13.3. The molecule has 0 radical (unpaired) electrons. The highest BCUT2D eigenvalue weighted by molar-refractivity contribution is 6.42. The molecule has 0 spiro atoms. The molecule has 2 aromatic rings. The summed E-state index contributed by atoms with van der Waals surface area (Å²) in [5.41, 5.74) is 1.43. The van der Waals surface area contributed by atoms with Crippen molar-refractivity contribution in [1.29, 1.82) is 5.26 Å². The van der Waals surface area contributed by atoms with Crippen molar-refractivity contribution in [1.82, 2.24) is 0 Å². The number of nitriles is 1. The van der Waals surface area contributed by atoms with Crippen LogP contribution in [0, 0.1) is 11.3 Å². The van der Waals surface area contributed by atoms with Crippen LogP contribution in [0.25, 0.3) is 0 Å². The zero-order chi connectivity index (χ0) is 13.8. The predicted octanol–water partition coefficient (Wildman–Crippen LogP) is 4.12. The summed E-state index contributed by atoms with van der Waals surface area (Å²) in [5, 5.41) is 12.2. The second kappa shape index (κ2) is 5.75. The van der Waals surface area contributed by atoms with E-state index in [-0.39, 0.29) is 5.91 Å². The van der Waals surface area contributed by atoms with Gasteiger partial charge in [0.2, 0.25) is 0 Å². The molecule has 0 aliphatic rings. The average Bonchev–Trinajstić information content (AvgIpc) is 2.42. The molecule has 0 aliphatic heterocycles. The summed E-state index contributed by atoms with van der Waals surface area (Å²) in [5.74, 6) is -0.311. The van der Waals surface area contributed by atoms with Gasteiger partial charge in [0.1, 0.15) is 0 Å². The van der Waals surface area contributed by atoms with Gasteiger partial charge in [0.15, 0.2) is 0 Å². The summed E-state index contributed by atoms with van der Waals surface area (Å²) in [4.78, 5) is 12.0. The maximum atomic E-state index is 12.0. The third kappa shape index (κ3) is 3.25. The van der Waals surface area contributed by atoms with Crippen LogP contribution < -0.4 is 5.32 Å². The summed E-state index contributed by atoms with van der Waals surface area (Å²) in [7, 11) is 0. The van der Waals surface area contributed by atoms with E-state index in [2.05, 4.69) is 5.32 Å². The molecule has 0 aromatic heterocycles. The van der Waals surface area contributed by atoms with Crippen LogP contribution in [0.15, 0.2) is 42.5 Å². The van der Waals surface area contributed by atoms with Crippen molar-refractivity contribution in [2.75, 3.05) is 5.32 Å². The van der Waals surface area contributed by atoms with Crippen LogP contribution in [0.3, 0.4) is 0 Å². The Morgan fingerprint density at radius 3 is 2.58 bits per heavy atom. The average molecular weight is 291 g/mol. The lowest BCUT2D eigenvalue weighted by Crippen LogP contribution is -2.11. The standard InChI is InChI=1S/C14H8Cl2N2O/c15-12-5-4-10(7-13(12)16)14(19)18-11-3-1-2-9(6-11)8-17/h1-7H,(H,18,19). The van der Waals surface area contributed by atoms with Gasteiger partial charge in [0.25, 0.3) is 5.91 Å². The number of hydrogen-bond acceptors (Lipinski definition) is 2. The summed E-state index contributed by atoms with van der Waals surface area (Å²) >= 11 is 11.6. The minimum Gasteiger partial charge on any atom is -0.322 e. The molecular weight excluding hydrogens is 283 g/mol.